The normalized spacial score (nSPS) is 16.9. The maximum absolute atomic E-state index is 12.0. The smallest absolute Gasteiger partial charge is 0.411 e. The van der Waals surface area contributed by atoms with Crippen LogP contribution in [0.15, 0.2) is 30.6 Å². The van der Waals surface area contributed by atoms with Crippen LogP contribution in [-0.2, 0) is 4.79 Å². The molecule has 1 aromatic heterocycles. The average Bonchev–Trinajstić information content (AvgIpc) is 3.03. The monoisotopic (exact) mass is 342 g/mol. The van der Waals surface area contributed by atoms with Crippen LogP contribution in [-0.4, -0.2) is 39.5 Å². The lowest BCUT2D eigenvalue weighted by Crippen LogP contribution is -2.51. The molecule has 2 heterocycles. The number of rotatable bonds is 2. The molecule has 1 aromatic carbocycles. The first kappa shape index (κ1) is 17.0. The Hall–Kier alpha value is -2.83. The molecule has 0 saturated heterocycles. The van der Waals surface area contributed by atoms with Crippen molar-refractivity contribution in [3.8, 4) is 11.1 Å². The van der Waals surface area contributed by atoms with Crippen molar-refractivity contribution < 1.29 is 14.7 Å². The van der Waals surface area contributed by atoms with E-state index in [9.17, 15) is 14.7 Å². The Labute approximate surface area is 146 Å². The molecule has 0 spiro atoms. The molecule has 1 atom stereocenters. The molecule has 1 N–H and O–H groups in total. The Kier molecular flexibility index (Phi) is 4.24. The molecule has 1 aliphatic heterocycles. The van der Waals surface area contributed by atoms with Crippen LogP contribution in [0, 0.1) is 0 Å². The molecule has 0 saturated carbocycles. The van der Waals surface area contributed by atoms with Crippen molar-refractivity contribution >= 4 is 23.4 Å². The van der Waals surface area contributed by atoms with Gasteiger partial charge in [0.2, 0.25) is 5.91 Å². The van der Waals surface area contributed by atoms with E-state index in [0.717, 1.165) is 11.1 Å². The summed E-state index contributed by atoms with van der Waals surface area (Å²) in [4.78, 5) is 26.7. The van der Waals surface area contributed by atoms with Gasteiger partial charge in [-0.25, -0.2) is 4.79 Å². The summed E-state index contributed by atoms with van der Waals surface area (Å²) < 4.78 is 1.85. The van der Waals surface area contributed by atoms with Crippen LogP contribution >= 0.6 is 0 Å². The fraction of sp³-hybridized carbons (Fsp3) is 0.389. The third-order valence-corrected chi connectivity index (χ3v) is 4.45. The molecule has 0 unspecified atom stereocenters. The van der Waals surface area contributed by atoms with E-state index in [1.807, 2.05) is 49.8 Å². The second-order valence-corrected chi connectivity index (χ2v) is 6.64. The number of benzene rings is 1. The van der Waals surface area contributed by atoms with Crippen molar-refractivity contribution in [1.82, 2.24) is 9.78 Å². The van der Waals surface area contributed by atoms with Gasteiger partial charge in [0.05, 0.1) is 23.6 Å². The summed E-state index contributed by atoms with van der Waals surface area (Å²) in [7, 11) is 0. The highest BCUT2D eigenvalue weighted by atomic mass is 16.4. The molecule has 0 fully saturated rings. The number of fused-ring (bicyclic) bond motifs is 1. The van der Waals surface area contributed by atoms with Crippen molar-refractivity contribution in [2.45, 2.75) is 39.8 Å². The van der Waals surface area contributed by atoms with Gasteiger partial charge in [-0.3, -0.25) is 14.4 Å². The highest BCUT2D eigenvalue weighted by Crippen LogP contribution is 2.38. The highest BCUT2D eigenvalue weighted by molar-refractivity contribution is 6.02. The first-order valence-corrected chi connectivity index (χ1v) is 8.28. The van der Waals surface area contributed by atoms with Crippen LogP contribution in [0.2, 0.25) is 0 Å². The number of aromatic nitrogens is 2. The summed E-state index contributed by atoms with van der Waals surface area (Å²) in [6.45, 7) is 7.68. The van der Waals surface area contributed by atoms with Gasteiger partial charge in [-0.15, -0.1) is 0 Å². The van der Waals surface area contributed by atoms with Crippen LogP contribution in [0.4, 0.5) is 16.2 Å². The maximum Gasteiger partial charge on any atom is 0.411 e. The van der Waals surface area contributed by atoms with E-state index in [-0.39, 0.29) is 24.5 Å². The molecule has 25 heavy (non-hydrogen) atoms. The van der Waals surface area contributed by atoms with Gasteiger partial charge in [0.15, 0.2) is 0 Å². The van der Waals surface area contributed by atoms with Gasteiger partial charge in [-0.05, 0) is 38.5 Å². The Bertz CT molecular complexity index is 827. The van der Waals surface area contributed by atoms with Crippen molar-refractivity contribution in [2.24, 2.45) is 0 Å². The number of nitrogens with zero attached hydrogens (tertiary/aromatic N) is 4. The largest absolute Gasteiger partial charge is 0.465 e. The number of carboxylic acid groups (broad SMARTS) is 1. The summed E-state index contributed by atoms with van der Waals surface area (Å²) in [5.41, 5.74) is 2.93. The lowest BCUT2D eigenvalue weighted by molar-refractivity contribution is -0.117. The van der Waals surface area contributed by atoms with Gasteiger partial charge >= 0.3 is 6.09 Å². The predicted molar refractivity (Wildman–Crippen MR) is 96.0 cm³/mol. The van der Waals surface area contributed by atoms with Crippen LogP contribution in [0.1, 0.15) is 33.7 Å². The number of amides is 2. The second-order valence-electron chi connectivity index (χ2n) is 6.64. The molecule has 2 aromatic rings. The first-order chi connectivity index (χ1) is 11.8. The van der Waals surface area contributed by atoms with Crippen LogP contribution in [0.5, 0.6) is 0 Å². The van der Waals surface area contributed by atoms with Gasteiger partial charge < -0.3 is 10.0 Å². The highest BCUT2D eigenvalue weighted by Gasteiger charge is 2.33. The number of carbonyl (C=O) groups is 2. The zero-order valence-corrected chi connectivity index (χ0v) is 14.8. The minimum absolute atomic E-state index is 0.0980. The van der Waals surface area contributed by atoms with E-state index in [0.29, 0.717) is 11.4 Å². The first-order valence-electron chi connectivity index (χ1n) is 8.28. The zero-order chi connectivity index (χ0) is 18.3. The molecule has 0 bridgehead atoms. The quantitative estimate of drug-likeness (QED) is 0.907. The van der Waals surface area contributed by atoms with E-state index in [2.05, 4.69) is 5.10 Å². The fourth-order valence-corrected chi connectivity index (χ4v) is 3.24. The standard InChI is InChI=1S/C18H22N4O3/c1-11(2)21-10-15(8-19-21)14-5-6-16-17(7-14)20(18(24)25)9-12(3)22(16)13(4)23/h5-8,10-12H,9H2,1-4H3,(H,24,25)/t12-/m0/s1. The van der Waals surface area contributed by atoms with E-state index < -0.39 is 6.09 Å². The molecule has 7 nitrogen and oxygen atoms in total. The van der Waals surface area contributed by atoms with Crippen molar-refractivity contribution in [1.29, 1.82) is 0 Å². The van der Waals surface area contributed by atoms with E-state index in [4.69, 9.17) is 0 Å². The zero-order valence-electron chi connectivity index (χ0n) is 14.8. The molecule has 1 aliphatic rings. The minimum atomic E-state index is -1.02. The Morgan fingerprint density at radius 3 is 2.52 bits per heavy atom. The molecule has 2 amide bonds. The summed E-state index contributed by atoms with van der Waals surface area (Å²) in [5, 5.41) is 13.9. The fourth-order valence-electron chi connectivity index (χ4n) is 3.24. The molecule has 0 aliphatic carbocycles. The number of hydrogen-bond donors (Lipinski definition) is 1. The second kappa shape index (κ2) is 6.23. The average molecular weight is 342 g/mol. The minimum Gasteiger partial charge on any atom is -0.465 e. The Morgan fingerprint density at radius 1 is 1.24 bits per heavy atom. The van der Waals surface area contributed by atoms with Crippen molar-refractivity contribution in [2.75, 3.05) is 16.3 Å². The molecule has 3 rings (SSSR count). The SMILES string of the molecule is CC(=O)N1c2ccc(-c3cnn(C(C)C)c3)cc2N(C(=O)O)C[C@@H]1C. The lowest BCUT2D eigenvalue weighted by atomic mass is 10.0. The third kappa shape index (κ3) is 2.97. The summed E-state index contributed by atoms with van der Waals surface area (Å²) >= 11 is 0. The van der Waals surface area contributed by atoms with Crippen LogP contribution in [0.25, 0.3) is 11.1 Å². The van der Waals surface area contributed by atoms with E-state index >= 15 is 0 Å². The molecule has 0 radical (unpaired) electrons. The molecule has 132 valence electrons. The van der Waals surface area contributed by atoms with Gasteiger partial charge in [-0.2, -0.15) is 5.10 Å². The van der Waals surface area contributed by atoms with Crippen molar-refractivity contribution in [3.05, 3.63) is 30.6 Å². The molecule has 7 heteroatoms. The van der Waals surface area contributed by atoms with Gasteiger partial charge in [0.1, 0.15) is 0 Å². The van der Waals surface area contributed by atoms with E-state index in [1.165, 1.54) is 11.8 Å². The van der Waals surface area contributed by atoms with Gasteiger partial charge in [-0.1, -0.05) is 6.07 Å². The van der Waals surface area contributed by atoms with Gasteiger partial charge in [0.25, 0.3) is 0 Å². The summed E-state index contributed by atoms with van der Waals surface area (Å²) in [5.74, 6) is -0.0980. The van der Waals surface area contributed by atoms with Crippen molar-refractivity contribution in [3.63, 3.8) is 0 Å². The number of carbonyl (C=O) groups excluding carboxylic acids is 1. The molecular weight excluding hydrogens is 320 g/mol. The molecular formula is C18H22N4O3. The van der Waals surface area contributed by atoms with Gasteiger partial charge in [0, 0.05) is 31.3 Å². The van der Waals surface area contributed by atoms with Crippen LogP contribution in [0.3, 0.4) is 0 Å². The summed E-state index contributed by atoms with van der Waals surface area (Å²) in [6.07, 6.45) is 2.68. The maximum atomic E-state index is 12.0. The number of anilines is 2. The third-order valence-electron chi connectivity index (χ3n) is 4.45. The summed E-state index contributed by atoms with van der Waals surface area (Å²) in [6, 6.07) is 5.55. The van der Waals surface area contributed by atoms with E-state index in [1.54, 1.807) is 11.1 Å². The Morgan fingerprint density at radius 2 is 1.96 bits per heavy atom. The number of hydrogen-bond acceptors (Lipinski definition) is 3. The lowest BCUT2D eigenvalue weighted by Gasteiger charge is -2.39. The Balaban J connectivity index is 2.10. The predicted octanol–water partition coefficient (Wildman–Crippen LogP) is 3.37. The van der Waals surface area contributed by atoms with Crippen LogP contribution < -0.4 is 9.80 Å². The topological polar surface area (TPSA) is 78.7 Å².